The quantitative estimate of drug-likeness (QED) is 0.559. The molecule has 0 aliphatic rings. The standard InChI is InChI=1S/C7H16.C3H4Cl2O2/c1-3-5-7-6-4-2;4-2(5)1-3(6)7/h3-7H2,1-2H3;2H,1H2,(H,6,7). The molecule has 1 N–H and O–H groups in total. The third kappa shape index (κ3) is 22.7. The van der Waals surface area contributed by atoms with E-state index in [1.54, 1.807) is 0 Å². The van der Waals surface area contributed by atoms with E-state index < -0.39 is 10.8 Å². The van der Waals surface area contributed by atoms with Crippen LogP contribution in [0.2, 0.25) is 0 Å². The Kier molecular flexibility index (Phi) is 15.4. The third-order valence-corrected chi connectivity index (χ3v) is 1.84. The van der Waals surface area contributed by atoms with Crippen molar-refractivity contribution in [2.24, 2.45) is 0 Å². The zero-order valence-corrected chi connectivity index (χ0v) is 10.4. The van der Waals surface area contributed by atoms with Crippen LogP contribution in [0.1, 0.15) is 52.4 Å². The highest BCUT2D eigenvalue weighted by molar-refractivity contribution is 6.44. The lowest BCUT2D eigenvalue weighted by molar-refractivity contribution is -0.136. The van der Waals surface area contributed by atoms with Crippen molar-refractivity contribution in [3.63, 3.8) is 0 Å². The molecule has 0 unspecified atom stereocenters. The first kappa shape index (κ1) is 16.5. The summed E-state index contributed by atoms with van der Waals surface area (Å²) in [5.74, 6) is -0.977. The van der Waals surface area contributed by atoms with Crippen LogP contribution in [-0.2, 0) is 4.79 Å². The molecule has 0 aliphatic carbocycles. The van der Waals surface area contributed by atoms with Gasteiger partial charge in [-0.2, -0.15) is 0 Å². The van der Waals surface area contributed by atoms with Crippen molar-refractivity contribution in [2.75, 3.05) is 0 Å². The van der Waals surface area contributed by atoms with Crippen molar-refractivity contribution in [3.05, 3.63) is 0 Å². The molecule has 0 aromatic rings. The molecule has 2 nitrogen and oxygen atoms in total. The molecule has 0 aliphatic heterocycles. The normalized spacial score (nSPS) is 9.50. The molecule has 14 heavy (non-hydrogen) atoms. The van der Waals surface area contributed by atoms with E-state index in [0.717, 1.165) is 0 Å². The van der Waals surface area contributed by atoms with Gasteiger partial charge in [0.1, 0.15) is 4.84 Å². The summed E-state index contributed by atoms with van der Waals surface area (Å²) < 4.78 is 0. The van der Waals surface area contributed by atoms with Crippen LogP contribution in [-0.4, -0.2) is 15.9 Å². The fraction of sp³-hybridized carbons (Fsp3) is 0.900. The molecular formula is C10H20Cl2O2. The van der Waals surface area contributed by atoms with Crippen molar-refractivity contribution in [3.8, 4) is 0 Å². The van der Waals surface area contributed by atoms with E-state index in [4.69, 9.17) is 28.3 Å². The first-order valence-electron chi connectivity index (χ1n) is 5.04. The van der Waals surface area contributed by atoms with Gasteiger partial charge in [0, 0.05) is 0 Å². The molecule has 0 heterocycles. The third-order valence-electron chi connectivity index (χ3n) is 1.54. The SMILES string of the molecule is CCCCCCC.O=C(O)CC(Cl)Cl. The van der Waals surface area contributed by atoms with E-state index >= 15 is 0 Å². The van der Waals surface area contributed by atoms with Crippen LogP contribution in [0.4, 0.5) is 0 Å². The van der Waals surface area contributed by atoms with Gasteiger partial charge in [0.2, 0.25) is 0 Å². The lowest BCUT2D eigenvalue weighted by Gasteiger charge is -1.90. The molecule has 0 fully saturated rings. The Labute approximate surface area is 96.6 Å². The summed E-state index contributed by atoms with van der Waals surface area (Å²) in [7, 11) is 0. The number of halogens is 2. The predicted octanol–water partition coefficient (Wildman–Crippen LogP) is 4.24. The highest BCUT2D eigenvalue weighted by atomic mass is 35.5. The van der Waals surface area contributed by atoms with Crippen molar-refractivity contribution in [2.45, 2.75) is 57.2 Å². The van der Waals surface area contributed by atoms with Gasteiger partial charge in [-0.25, -0.2) is 0 Å². The van der Waals surface area contributed by atoms with Gasteiger partial charge in [0.15, 0.2) is 0 Å². The molecule has 0 aromatic heterocycles. The Bertz CT molecular complexity index is 123. The van der Waals surface area contributed by atoms with Crippen LogP contribution in [0.3, 0.4) is 0 Å². The summed E-state index contributed by atoms with van der Waals surface area (Å²) in [5.41, 5.74) is 0. The van der Waals surface area contributed by atoms with Crippen LogP contribution in [0.5, 0.6) is 0 Å². The first-order chi connectivity index (χ1) is 6.54. The maximum absolute atomic E-state index is 9.64. The fourth-order valence-electron chi connectivity index (χ4n) is 0.809. The van der Waals surface area contributed by atoms with Gasteiger partial charge in [-0.3, -0.25) is 4.79 Å². The maximum atomic E-state index is 9.64. The van der Waals surface area contributed by atoms with Gasteiger partial charge < -0.3 is 5.11 Å². The molecule has 0 amide bonds. The van der Waals surface area contributed by atoms with Crippen LogP contribution < -0.4 is 0 Å². The second-order valence-electron chi connectivity index (χ2n) is 3.05. The van der Waals surface area contributed by atoms with Gasteiger partial charge in [-0.05, 0) is 0 Å². The molecule has 4 heteroatoms. The number of carboxylic acids is 1. The molecular weight excluding hydrogens is 223 g/mol. The number of carbonyl (C=O) groups is 1. The molecule has 0 rings (SSSR count). The molecule has 0 saturated heterocycles. The summed E-state index contributed by atoms with van der Waals surface area (Å²) >= 11 is 10.1. The summed E-state index contributed by atoms with van der Waals surface area (Å²) in [6, 6.07) is 0. The van der Waals surface area contributed by atoms with Crippen LogP contribution >= 0.6 is 23.2 Å². The highest BCUT2D eigenvalue weighted by Gasteiger charge is 2.03. The molecule has 0 bridgehead atoms. The van der Waals surface area contributed by atoms with Crippen LogP contribution in [0.25, 0.3) is 0 Å². The van der Waals surface area contributed by atoms with E-state index in [0.29, 0.717) is 0 Å². The van der Waals surface area contributed by atoms with Gasteiger partial charge in [-0.1, -0.05) is 46.0 Å². The molecule has 86 valence electrons. The van der Waals surface area contributed by atoms with Gasteiger partial charge in [-0.15, -0.1) is 23.2 Å². The molecule has 0 atom stereocenters. The molecule has 0 spiro atoms. The number of rotatable bonds is 6. The van der Waals surface area contributed by atoms with E-state index in [-0.39, 0.29) is 6.42 Å². The number of hydrogen-bond donors (Lipinski definition) is 1. The molecule has 0 aromatic carbocycles. The molecule has 0 saturated carbocycles. The largest absolute Gasteiger partial charge is 0.481 e. The Morgan fingerprint density at radius 2 is 1.57 bits per heavy atom. The number of unbranched alkanes of at least 4 members (excludes halogenated alkanes) is 4. The summed E-state index contributed by atoms with van der Waals surface area (Å²) in [4.78, 5) is 8.86. The van der Waals surface area contributed by atoms with Crippen molar-refractivity contribution < 1.29 is 9.90 Å². The van der Waals surface area contributed by atoms with E-state index in [2.05, 4.69) is 13.8 Å². The Balaban J connectivity index is 0. The van der Waals surface area contributed by atoms with E-state index in [9.17, 15) is 4.79 Å². The smallest absolute Gasteiger partial charge is 0.306 e. The average molecular weight is 243 g/mol. The van der Waals surface area contributed by atoms with Gasteiger partial charge >= 0.3 is 5.97 Å². The van der Waals surface area contributed by atoms with Gasteiger partial charge in [0.25, 0.3) is 0 Å². The van der Waals surface area contributed by atoms with Crippen LogP contribution in [0.15, 0.2) is 0 Å². The number of carboxylic acid groups (broad SMARTS) is 1. The Morgan fingerprint density at radius 3 is 1.71 bits per heavy atom. The van der Waals surface area contributed by atoms with E-state index in [1.807, 2.05) is 0 Å². The number of alkyl halides is 2. The molecule has 0 radical (unpaired) electrons. The Morgan fingerprint density at radius 1 is 1.14 bits per heavy atom. The Hall–Kier alpha value is 0.0500. The minimum atomic E-state index is -0.977. The monoisotopic (exact) mass is 242 g/mol. The second kappa shape index (κ2) is 13.1. The summed E-state index contributed by atoms with van der Waals surface area (Å²) in [6.45, 7) is 4.49. The van der Waals surface area contributed by atoms with E-state index in [1.165, 1.54) is 32.1 Å². The predicted molar refractivity (Wildman–Crippen MR) is 62.2 cm³/mol. The van der Waals surface area contributed by atoms with Crippen LogP contribution in [0, 0.1) is 0 Å². The van der Waals surface area contributed by atoms with Gasteiger partial charge in [0.05, 0.1) is 6.42 Å². The second-order valence-corrected chi connectivity index (χ2v) is 4.33. The fourth-order valence-corrected chi connectivity index (χ4v) is 1.07. The van der Waals surface area contributed by atoms with Crippen molar-refractivity contribution >= 4 is 29.2 Å². The zero-order valence-electron chi connectivity index (χ0n) is 8.93. The van der Waals surface area contributed by atoms with Crippen molar-refractivity contribution in [1.82, 2.24) is 0 Å². The lowest BCUT2D eigenvalue weighted by Crippen LogP contribution is -1.99. The topological polar surface area (TPSA) is 37.3 Å². The zero-order chi connectivity index (χ0) is 11.4. The summed E-state index contributed by atoms with van der Waals surface area (Å²) in [6.07, 6.45) is 6.82. The minimum absolute atomic E-state index is 0.191. The highest BCUT2D eigenvalue weighted by Crippen LogP contribution is 2.05. The minimum Gasteiger partial charge on any atom is -0.481 e. The average Bonchev–Trinajstić information content (AvgIpc) is 2.04. The van der Waals surface area contributed by atoms with Crippen molar-refractivity contribution in [1.29, 1.82) is 0 Å². The number of hydrogen-bond acceptors (Lipinski definition) is 1. The summed E-state index contributed by atoms with van der Waals surface area (Å²) in [5, 5.41) is 7.92. The number of aliphatic carboxylic acids is 1. The lowest BCUT2D eigenvalue weighted by atomic mass is 10.2. The maximum Gasteiger partial charge on any atom is 0.306 e. The first-order valence-corrected chi connectivity index (χ1v) is 5.91.